The van der Waals surface area contributed by atoms with E-state index in [9.17, 15) is 4.79 Å². The van der Waals surface area contributed by atoms with Crippen molar-refractivity contribution in [3.05, 3.63) is 46.8 Å². The third-order valence-electron chi connectivity index (χ3n) is 4.76. The molecule has 1 N–H and O–H groups in total. The Balaban J connectivity index is 1.63. The second kappa shape index (κ2) is 6.57. The van der Waals surface area contributed by atoms with Gasteiger partial charge in [0.1, 0.15) is 13.2 Å². The van der Waals surface area contributed by atoms with Gasteiger partial charge in [0, 0.05) is 12.7 Å². The molecule has 7 nitrogen and oxygen atoms in total. The van der Waals surface area contributed by atoms with Crippen LogP contribution in [-0.2, 0) is 7.05 Å². The van der Waals surface area contributed by atoms with E-state index < -0.39 is 0 Å². The zero-order chi connectivity index (χ0) is 19.1. The first-order chi connectivity index (χ1) is 12.9. The quantitative estimate of drug-likeness (QED) is 0.771. The molecule has 0 spiro atoms. The molecule has 1 aliphatic rings. The summed E-state index contributed by atoms with van der Waals surface area (Å²) >= 11 is 0. The van der Waals surface area contributed by atoms with Crippen LogP contribution in [0.3, 0.4) is 0 Å². The van der Waals surface area contributed by atoms with Gasteiger partial charge in [0.2, 0.25) is 0 Å². The van der Waals surface area contributed by atoms with Gasteiger partial charge in [-0.3, -0.25) is 9.48 Å². The number of hydrogen-bond acceptors (Lipinski definition) is 5. The normalized spacial score (nSPS) is 14.2. The van der Waals surface area contributed by atoms with Gasteiger partial charge in [0.15, 0.2) is 17.1 Å². The topological polar surface area (TPSA) is 78.3 Å². The largest absolute Gasteiger partial charge is 0.486 e. The van der Waals surface area contributed by atoms with E-state index >= 15 is 0 Å². The van der Waals surface area contributed by atoms with Crippen LogP contribution >= 0.6 is 0 Å². The highest BCUT2D eigenvalue weighted by Crippen LogP contribution is 2.32. The Morgan fingerprint density at radius 3 is 2.70 bits per heavy atom. The molecular formula is C20H22N4O3. The molecule has 7 heteroatoms. The molecular weight excluding hydrogens is 344 g/mol. The van der Waals surface area contributed by atoms with Crippen LogP contribution in [0.5, 0.6) is 11.5 Å². The lowest BCUT2D eigenvalue weighted by atomic mass is 10.1. The molecule has 3 heterocycles. The molecule has 3 aromatic rings. The first kappa shape index (κ1) is 17.3. The Morgan fingerprint density at radius 2 is 1.93 bits per heavy atom. The van der Waals surface area contributed by atoms with Crippen LogP contribution in [0.1, 0.15) is 40.3 Å². The molecule has 2 aromatic heterocycles. The van der Waals surface area contributed by atoms with Crippen molar-refractivity contribution in [2.45, 2.75) is 26.8 Å². The van der Waals surface area contributed by atoms with Gasteiger partial charge in [-0.25, -0.2) is 4.98 Å². The monoisotopic (exact) mass is 366 g/mol. The van der Waals surface area contributed by atoms with Crippen LogP contribution in [0.4, 0.5) is 0 Å². The summed E-state index contributed by atoms with van der Waals surface area (Å²) in [4.78, 5) is 17.5. The fourth-order valence-corrected chi connectivity index (χ4v) is 3.44. The maximum atomic E-state index is 13.0. The van der Waals surface area contributed by atoms with Gasteiger partial charge in [0.05, 0.1) is 22.7 Å². The van der Waals surface area contributed by atoms with Crippen LogP contribution in [0.2, 0.25) is 0 Å². The third kappa shape index (κ3) is 3.09. The summed E-state index contributed by atoms with van der Waals surface area (Å²) in [5.74, 6) is 1.30. The van der Waals surface area contributed by atoms with Crippen LogP contribution < -0.4 is 14.8 Å². The van der Waals surface area contributed by atoms with Crippen LogP contribution in [0.25, 0.3) is 11.0 Å². The van der Waals surface area contributed by atoms with Crippen molar-refractivity contribution in [3.63, 3.8) is 0 Å². The molecule has 27 heavy (non-hydrogen) atoms. The predicted molar refractivity (Wildman–Crippen MR) is 101 cm³/mol. The second-order valence-electron chi connectivity index (χ2n) is 6.82. The standard InChI is InChI=1S/C20H22N4O3/c1-11-9-15(18-13(3)23-24(4)19(18)21-11)20(25)22-12(2)14-5-6-16-17(10-14)27-8-7-26-16/h5-6,9-10,12H,7-8H2,1-4H3,(H,22,25)/t12-/m1/s1. The van der Waals surface area contributed by atoms with Crippen molar-refractivity contribution < 1.29 is 14.3 Å². The molecule has 0 saturated heterocycles. The molecule has 0 aliphatic carbocycles. The Bertz CT molecular complexity index is 1040. The summed E-state index contributed by atoms with van der Waals surface area (Å²) in [6.07, 6.45) is 0. The van der Waals surface area contributed by atoms with E-state index in [1.54, 1.807) is 4.68 Å². The van der Waals surface area contributed by atoms with E-state index in [1.807, 2.05) is 52.1 Å². The number of rotatable bonds is 3. The maximum Gasteiger partial charge on any atom is 0.252 e. The SMILES string of the molecule is Cc1cc(C(=O)N[C@H](C)c2ccc3c(c2)OCCO3)c2c(C)nn(C)c2n1. The highest BCUT2D eigenvalue weighted by Gasteiger charge is 2.20. The summed E-state index contributed by atoms with van der Waals surface area (Å²) in [6, 6.07) is 7.37. The number of nitrogens with one attached hydrogen (secondary N) is 1. The fraction of sp³-hybridized carbons (Fsp3) is 0.350. The highest BCUT2D eigenvalue weighted by molar-refractivity contribution is 6.06. The number of fused-ring (bicyclic) bond motifs is 2. The number of carbonyl (C=O) groups is 1. The van der Waals surface area contributed by atoms with Crippen molar-refractivity contribution in [3.8, 4) is 11.5 Å². The maximum absolute atomic E-state index is 13.0. The molecule has 0 fully saturated rings. The number of benzene rings is 1. The van der Waals surface area contributed by atoms with Crippen molar-refractivity contribution in [2.24, 2.45) is 7.05 Å². The van der Waals surface area contributed by atoms with Gasteiger partial charge in [-0.1, -0.05) is 6.07 Å². The lowest BCUT2D eigenvalue weighted by Gasteiger charge is -2.21. The van der Waals surface area contributed by atoms with Gasteiger partial charge >= 0.3 is 0 Å². The number of aryl methyl sites for hydroxylation is 3. The molecule has 0 saturated carbocycles. The van der Waals surface area contributed by atoms with Gasteiger partial charge in [-0.05, 0) is 44.5 Å². The van der Waals surface area contributed by atoms with Crippen molar-refractivity contribution in [2.75, 3.05) is 13.2 Å². The van der Waals surface area contributed by atoms with Gasteiger partial charge in [0.25, 0.3) is 5.91 Å². The van der Waals surface area contributed by atoms with E-state index in [1.165, 1.54) is 0 Å². The minimum Gasteiger partial charge on any atom is -0.486 e. The second-order valence-corrected chi connectivity index (χ2v) is 6.82. The Labute approximate surface area is 157 Å². The molecule has 1 amide bonds. The molecule has 4 rings (SSSR count). The van der Waals surface area contributed by atoms with E-state index in [-0.39, 0.29) is 11.9 Å². The lowest BCUT2D eigenvalue weighted by molar-refractivity contribution is 0.0941. The number of amides is 1. The van der Waals surface area contributed by atoms with Gasteiger partial charge in [-0.15, -0.1) is 0 Å². The number of aromatic nitrogens is 3. The predicted octanol–water partition coefficient (Wildman–Crippen LogP) is 2.85. The Hall–Kier alpha value is -3.09. The van der Waals surface area contributed by atoms with E-state index in [0.29, 0.717) is 30.2 Å². The van der Waals surface area contributed by atoms with E-state index in [4.69, 9.17) is 9.47 Å². The van der Waals surface area contributed by atoms with Gasteiger partial charge < -0.3 is 14.8 Å². The number of ether oxygens (including phenoxy) is 2. The summed E-state index contributed by atoms with van der Waals surface area (Å²) in [6.45, 7) is 6.81. The summed E-state index contributed by atoms with van der Waals surface area (Å²) in [5.41, 5.74) is 3.83. The van der Waals surface area contributed by atoms with Crippen LogP contribution in [-0.4, -0.2) is 33.9 Å². The van der Waals surface area contributed by atoms with Crippen molar-refractivity contribution in [1.82, 2.24) is 20.1 Å². The summed E-state index contributed by atoms with van der Waals surface area (Å²) in [5, 5.41) is 8.27. The number of carbonyl (C=O) groups excluding carboxylic acids is 1. The third-order valence-corrected chi connectivity index (χ3v) is 4.76. The molecule has 1 aromatic carbocycles. The minimum atomic E-state index is -0.186. The van der Waals surface area contributed by atoms with Crippen LogP contribution in [0, 0.1) is 13.8 Å². The number of nitrogens with zero attached hydrogens (tertiary/aromatic N) is 3. The number of hydrogen-bond donors (Lipinski definition) is 1. The van der Waals surface area contributed by atoms with Crippen molar-refractivity contribution in [1.29, 1.82) is 0 Å². The zero-order valence-corrected chi connectivity index (χ0v) is 15.9. The average molecular weight is 366 g/mol. The van der Waals surface area contributed by atoms with E-state index in [2.05, 4.69) is 15.4 Å². The lowest BCUT2D eigenvalue weighted by Crippen LogP contribution is -2.27. The molecule has 140 valence electrons. The molecule has 0 radical (unpaired) electrons. The minimum absolute atomic E-state index is 0.149. The molecule has 0 unspecified atom stereocenters. The molecule has 1 aliphatic heterocycles. The first-order valence-corrected chi connectivity index (χ1v) is 8.95. The van der Waals surface area contributed by atoms with Crippen molar-refractivity contribution >= 4 is 16.9 Å². The fourth-order valence-electron chi connectivity index (χ4n) is 3.44. The average Bonchev–Trinajstić information content (AvgIpc) is 2.94. The molecule has 0 bridgehead atoms. The Kier molecular flexibility index (Phi) is 4.22. The smallest absolute Gasteiger partial charge is 0.252 e. The molecule has 1 atom stereocenters. The van der Waals surface area contributed by atoms with Gasteiger partial charge in [-0.2, -0.15) is 5.10 Å². The highest BCUT2D eigenvalue weighted by atomic mass is 16.6. The van der Waals surface area contributed by atoms with Crippen LogP contribution in [0.15, 0.2) is 24.3 Å². The Morgan fingerprint density at radius 1 is 1.19 bits per heavy atom. The summed E-state index contributed by atoms with van der Waals surface area (Å²) < 4.78 is 12.9. The number of pyridine rings is 1. The summed E-state index contributed by atoms with van der Waals surface area (Å²) in [7, 11) is 1.83. The first-order valence-electron chi connectivity index (χ1n) is 8.95. The van der Waals surface area contributed by atoms with E-state index in [0.717, 1.165) is 28.1 Å². The zero-order valence-electron chi connectivity index (χ0n) is 15.9.